The molecule has 0 N–H and O–H groups in total. The molecule has 4 aromatic rings. The fourth-order valence-electron chi connectivity index (χ4n) is 4.17. The molecule has 1 fully saturated rings. The Balaban J connectivity index is 1.22. The lowest BCUT2D eigenvalue weighted by molar-refractivity contribution is -0.128. The van der Waals surface area contributed by atoms with Crippen LogP contribution in [0.1, 0.15) is 6.92 Å². The number of piperazine rings is 1. The summed E-state index contributed by atoms with van der Waals surface area (Å²) >= 11 is 1.41. The average Bonchev–Trinajstić information content (AvgIpc) is 3.33. The molecule has 9 heteroatoms. The van der Waals surface area contributed by atoms with E-state index in [0.29, 0.717) is 38.5 Å². The van der Waals surface area contributed by atoms with Gasteiger partial charge < -0.3 is 14.5 Å². The highest BCUT2D eigenvalue weighted by atomic mass is 32.2. The number of carbonyl (C=O) groups is 1. The number of ether oxygens (including phenoxy) is 1. The zero-order valence-electron chi connectivity index (χ0n) is 19.4. The standard InChI is InChI=1S/C26H26FN5O2S/c1-2-34-20-9-7-19(8-10-20)22-17-24-26(28-11-12-32(24)29-22)35-18-25(33)31-15-13-30(14-16-31)23-6-4-3-5-21(23)27/h3-12,17H,2,13-16,18H2,1H3. The summed E-state index contributed by atoms with van der Waals surface area (Å²) in [6, 6.07) is 16.6. The van der Waals surface area contributed by atoms with Gasteiger partial charge in [0.25, 0.3) is 0 Å². The van der Waals surface area contributed by atoms with E-state index in [4.69, 9.17) is 4.74 Å². The molecule has 2 aromatic carbocycles. The van der Waals surface area contributed by atoms with E-state index >= 15 is 0 Å². The lowest BCUT2D eigenvalue weighted by Gasteiger charge is -2.36. The first-order chi connectivity index (χ1) is 17.1. The minimum Gasteiger partial charge on any atom is -0.494 e. The molecule has 1 amide bonds. The van der Waals surface area contributed by atoms with Gasteiger partial charge in [-0.2, -0.15) is 5.10 Å². The predicted molar refractivity (Wildman–Crippen MR) is 136 cm³/mol. The Bertz CT molecular complexity index is 1320. The van der Waals surface area contributed by atoms with Crippen molar-refractivity contribution in [3.63, 3.8) is 0 Å². The number of thioether (sulfide) groups is 1. The monoisotopic (exact) mass is 491 g/mol. The van der Waals surface area contributed by atoms with Crippen molar-refractivity contribution < 1.29 is 13.9 Å². The van der Waals surface area contributed by atoms with Crippen molar-refractivity contribution in [3.8, 4) is 17.0 Å². The summed E-state index contributed by atoms with van der Waals surface area (Å²) in [7, 11) is 0. The van der Waals surface area contributed by atoms with Gasteiger partial charge in [0.05, 0.1) is 29.3 Å². The Kier molecular flexibility index (Phi) is 6.85. The third kappa shape index (κ3) is 5.09. The molecule has 0 atom stereocenters. The largest absolute Gasteiger partial charge is 0.494 e. The number of benzene rings is 2. The molecule has 1 aliphatic rings. The summed E-state index contributed by atoms with van der Waals surface area (Å²) in [5, 5.41) is 5.43. The average molecular weight is 492 g/mol. The van der Waals surface area contributed by atoms with Gasteiger partial charge in [-0.1, -0.05) is 23.9 Å². The van der Waals surface area contributed by atoms with Gasteiger partial charge in [-0.15, -0.1) is 0 Å². The summed E-state index contributed by atoms with van der Waals surface area (Å²) in [5.41, 5.74) is 3.27. The minimum atomic E-state index is -0.229. The molecule has 0 saturated carbocycles. The van der Waals surface area contributed by atoms with E-state index in [1.54, 1.807) is 29.0 Å². The van der Waals surface area contributed by atoms with Crippen molar-refractivity contribution in [2.75, 3.05) is 43.4 Å². The number of nitrogens with zero attached hydrogens (tertiary/aromatic N) is 5. The van der Waals surface area contributed by atoms with E-state index in [0.717, 1.165) is 27.5 Å². The van der Waals surface area contributed by atoms with Gasteiger partial charge in [0, 0.05) is 44.1 Å². The Morgan fingerprint density at radius 2 is 1.86 bits per heavy atom. The van der Waals surface area contributed by atoms with Gasteiger partial charge in [0.2, 0.25) is 5.91 Å². The zero-order valence-corrected chi connectivity index (χ0v) is 20.2. The van der Waals surface area contributed by atoms with Gasteiger partial charge in [-0.3, -0.25) is 4.79 Å². The molecular weight excluding hydrogens is 465 g/mol. The number of halogens is 1. The van der Waals surface area contributed by atoms with Crippen LogP contribution in [-0.2, 0) is 4.79 Å². The second-order valence-electron chi connectivity index (χ2n) is 8.16. The molecule has 0 aliphatic carbocycles. The van der Waals surface area contributed by atoms with Crippen molar-refractivity contribution in [2.24, 2.45) is 0 Å². The molecule has 7 nitrogen and oxygen atoms in total. The normalized spacial score (nSPS) is 13.9. The minimum absolute atomic E-state index is 0.0539. The first kappa shape index (κ1) is 23.2. The number of fused-ring (bicyclic) bond motifs is 1. The van der Waals surface area contributed by atoms with E-state index in [1.807, 2.05) is 53.1 Å². The highest BCUT2D eigenvalue weighted by molar-refractivity contribution is 8.00. The van der Waals surface area contributed by atoms with Crippen LogP contribution in [-0.4, -0.2) is 63.9 Å². The Morgan fingerprint density at radius 1 is 1.09 bits per heavy atom. The molecule has 0 radical (unpaired) electrons. The van der Waals surface area contributed by atoms with Crippen LogP contribution in [0.4, 0.5) is 10.1 Å². The van der Waals surface area contributed by atoms with Crippen molar-refractivity contribution in [2.45, 2.75) is 11.9 Å². The highest BCUT2D eigenvalue weighted by Crippen LogP contribution is 2.28. The third-order valence-electron chi connectivity index (χ3n) is 5.97. The highest BCUT2D eigenvalue weighted by Gasteiger charge is 2.23. The van der Waals surface area contributed by atoms with Crippen LogP contribution >= 0.6 is 11.8 Å². The van der Waals surface area contributed by atoms with E-state index in [1.165, 1.54) is 17.8 Å². The second-order valence-corrected chi connectivity index (χ2v) is 9.12. The first-order valence-electron chi connectivity index (χ1n) is 11.6. The van der Waals surface area contributed by atoms with Crippen LogP contribution in [0.2, 0.25) is 0 Å². The maximum atomic E-state index is 14.1. The van der Waals surface area contributed by atoms with Crippen LogP contribution in [0.25, 0.3) is 16.8 Å². The van der Waals surface area contributed by atoms with Gasteiger partial charge in [0.1, 0.15) is 16.6 Å². The van der Waals surface area contributed by atoms with Gasteiger partial charge in [-0.25, -0.2) is 13.9 Å². The Labute approximate surface area is 207 Å². The number of carbonyl (C=O) groups excluding carboxylic acids is 1. The van der Waals surface area contributed by atoms with Crippen molar-refractivity contribution >= 4 is 28.9 Å². The summed E-state index contributed by atoms with van der Waals surface area (Å²) in [4.78, 5) is 21.2. The van der Waals surface area contributed by atoms with Crippen LogP contribution in [0.15, 0.2) is 72.0 Å². The Morgan fingerprint density at radius 3 is 2.60 bits per heavy atom. The topological polar surface area (TPSA) is 63.0 Å². The summed E-state index contributed by atoms with van der Waals surface area (Å²) in [5.74, 6) is 0.937. The number of rotatable bonds is 7. The van der Waals surface area contributed by atoms with Crippen LogP contribution in [0, 0.1) is 5.82 Å². The van der Waals surface area contributed by atoms with Gasteiger partial charge in [-0.05, 0) is 49.4 Å². The number of aromatic nitrogens is 3. The molecule has 1 saturated heterocycles. The van der Waals surface area contributed by atoms with Crippen LogP contribution in [0.5, 0.6) is 5.75 Å². The SMILES string of the molecule is CCOc1ccc(-c2cc3c(SCC(=O)N4CCN(c5ccccc5F)CC4)nccn3n2)cc1. The summed E-state index contributed by atoms with van der Waals surface area (Å²) in [6.07, 6.45) is 3.50. The second kappa shape index (κ2) is 10.4. The molecule has 1 aliphatic heterocycles. The van der Waals surface area contributed by atoms with E-state index in [-0.39, 0.29) is 17.5 Å². The lowest BCUT2D eigenvalue weighted by atomic mass is 10.1. The van der Waals surface area contributed by atoms with Crippen molar-refractivity contribution in [1.29, 1.82) is 0 Å². The lowest BCUT2D eigenvalue weighted by Crippen LogP contribution is -2.49. The van der Waals surface area contributed by atoms with Crippen LogP contribution < -0.4 is 9.64 Å². The molecule has 3 heterocycles. The van der Waals surface area contributed by atoms with E-state index in [9.17, 15) is 9.18 Å². The molecule has 35 heavy (non-hydrogen) atoms. The smallest absolute Gasteiger partial charge is 0.233 e. The molecule has 0 spiro atoms. The molecule has 5 rings (SSSR count). The van der Waals surface area contributed by atoms with Crippen molar-refractivity contribution in [1.82, 2.24) is 19.5 Å². The van der Waals surface area contributed by atoms with E-state index in [2.05, 4.69) is 10.1 Å². The number of hydrogen-bond acceptors (Lipinski definition) is 6. The number of hydrogen-bond donors (Lipinski definition) is 0. The Hall–Kier alpha value is -3.59. The molecule has 0 unspecified atom stereocenters. The van der Waals surface area contributed by atoms with Gasteiger partial charge in [0.15, 0.2) is 0 Å². The maximum absolute atomic E-state index is 14.1. The zero-order chi connectivity index (χ0) is 24.2. The summed E-state index contributed by atoms with van der Waals surface area (Å²) in [6.45, 7) is 4.94. The maximum Gasteiger partial charge on any atom is 0.233 e. The third-order valence-corrected chi connectivity index (χ3v) is 6.95. The van der Waals surface area contributed by atoms with Crippen molar-refractivity contribution in [3.05, 3.63) is 72.8 Å². The molecular formula is C26H26FN5O2S. The number of amides is 1. The number of para-hydroxylation sites is 1. The predicted octanol–water partition coefficient (Wildman–Crippen LogP) is 4.38. The number of anilines is 1. The van der Waals surface area contributed by atoms with Crippen LogP contribution in [0.3, 0.4) is 0 Å². The van der Waals surface area contributed by atoms with E-state index < -0.39 is 0 Å². The molecule has 0 bridgehead atoms. The molecule has 2 aromatic heterocycles. The quantitative estimate of drug-likeness (QED) is 0.358. The summed E-state index contributed by atoms with van der Waals surface area (Å²) < 4.78 is 21.4. The van der Waals surface area contributed by atoms with Gasteiger partial charge >= 0.3 is 0 Å². The fraction of sp³-hybridized carbons (Fsp3) is 0.269. The molecule has 180 valence electrons. The fourth-order valence-corrected chi connectivity index (χ4v) is 5.04. The first-order valence-corrected chi connectivity index (χ1v) is 12.6.